The van der Waals surface area contributed by atoms with E-state index in [0.29, 0.717) is 0 Å². The normalized spacial score (nSPS) is 11.6. The highest BCUT2D eigenvalue weighted by Gasteiger charge is 2.12. The van der Waals surface area contributed by atoms with Crippen LogP contribution in [0, 0.1) is 6.92 Å². The van der Waals surface area contributed by atoms with Crippen molar-refractivity contribution in [2.45, 2.75) is 26.7 Å². The van der Waals surface area contributed by atoms with E-state index in [1.807, 2.05) is 32.2 Å². The van der Waals surface area contributed by atoms with Crippen LogP contribution in [0.4, 0.5) is 5.69 Å². The van der Waals surface area contributed by atoms with Crippen LogP contribution in [0.5, 0.6) is 0 Å². The Bertz CT molecular complexity index is 402. The second-order valence-corrected chi connectivity index (χ2v) is 4.23. The largest absolute Gasteiger partial charge is 0.409 e. The molecule has 0 saturated heterocycles. The quantitative estimate of drug-likeness (QED) is 0.356. The molecule has 1 aromatic rings. The third-order valence-electron chi connectivity index (χ3n) is 2.85. The zero-order valence-electron chi connectivity index (χ0n) is 10.8. The van der Waals surface area contributed by atoms with E-state index in [1.54, 1.807) is 0 Å². The maximum atomic E-state index is 8.81. The Morgan fingerprint density at radius 3 is 2.76 bits per heavy atom. The summed E-state index contributed by atoms with van der Waals surface area (Å²) in [5.74, 6) is 0.159. The highest BCUT2D eigenvalue weighted by atomic mass is 16.4. The van der Waals surface area contributed by atoms with Crippen LogP contribution in [0.25, 0.3) is 0 Å². The monoisotopic (exact) mass is 235 g/mol. The Morgan fingerprint density at radius 1 is 1.47 bits per heavy atom. The summed E-state index contributed by atoms with van der Waals surface area (Å²) in [5, 5.41) is 11.9. The van der Waals surface area contributed by atoms with Crippen LogP contribution < -0.4 is 10.6 Å². The van der Waals surface area contributed by atoms with Crippen molar-refractivity contribution in [3.63, 3.8) is 0 Å². The molecule has 0 aliphatic carbocycles. The summed E-state index contributed by atoms with van der Waals surface area (Å²) in [6, 6.07) is 5.83. The number of oxime groups is 1. The lowest BCUT2D eigenvalue weighted by Crippen LogP contribution is -2.24. The van der Waals surface area contributed by atoms with Crippen molar-refractivity contribution in [1.82, 2.24) is 0 Å². The SMILES string of the molecule is CCCCN(C)c1c(C)cccc1/C(N)=N/O. The minimum atomic E-state index is 0.159. The molecule has 0 unspecified atom stereocenters. The Morgan fingerprint density at radius 2 is 2.18 bits per heavy atom. The van der Waals surface area contributed by atoms with Crippen LogP contribution in [0.1, 0.15) is 30.9 Å². The van der Waals surface area contributed by atoms with Crippen LogP contribution >= 0.6 is 0 Å². The van der Waals surface area contributed by atoms with Gasteiger partial charge in [-0.15, -0.1) is 0 Å². The Hall–Kier alpha value is -1.71. The predicted molar refractivity (Wildman–Crippen MR) is 71.9 cm³/mol. The van der Waals surface area contributed by atoms with E-state index in [4.69, 9.17) is 10.9 Å². The molecule has 0 aromatic heterocycles. The lowest BCUT2D eigenvalue weighted by atomic mass is 10.1. The highest BCUT2D eigenvalue weighted by Crippen LogP contribution is 2.24. The maximum Gasteiger partial charge on any atom is 0.172 e. The molecule has 0 atom stereocenters. The summed E-state index contributed by atoms with van der Waals surface area (Å²) < 4.78 is 0. The number of nitrogens with two attached hydrogens (primary N) is 1. The van der Waals surface area contributed by atoms with Crippen molar-refractivity contribution < 1.29 is 5.21 Å². The molecule has 0 aliphatic heterocycles. The summed E-state index contributed by atoms with van der Waals surface area (Å²) in [6.45, 7) is 5.16. The minimum absolute atomic E-state index is 0.159. The van der Waals surface area contributed by atoms with Gasteiger partial charge in [0.1, 0.15) is 0 Å². The third-order valence-corrected chi connectivity index (χ3v) is 2.85. The van der Waals surface area contributed by atoms with Crippen molar-refractivity contribution in [3.05, 3.63) is 29.3 Å². The fraction of sp³-hybridized carbons (Fsp3) is 0.462. The number of anilines is 1. The van der Waals surface area contributed by atoms with Gasteiger partial charge in [0.15, 0.2) is 5.84 Å². The van der Waals surface area contributed by atoms with E-state index in [-0.39, 0.29) is 5.84 Å². The molecule has 17 heavy (non-hydrogen) atoms. The molecule has 0 saturated carbocycles. The fourth-order valence-corrected chi connectivity index (χ4v) is 1.93. The number of hydrogen-bond donors (Lipinski definition) is 2. The number of nitrogens with zero attached hydrogens (tertiary/aromatic N) is 2. The Balaban J connectivity index is 3.11. The van der Waals surface area contributed by atoms with Crippen molar-refractivity contribution in [2.75, 3.05) is 18.5 Å². The van der Waals surface area contributed by atoms with Gasteiger partial charge in [-0.3, -0.25) is 0 Å². The first-order chi connectivity index (χ1) is 8.11. The molecule has 4 nitrogen and oxygen atoms in total. The van der Waals surface area contributed by atoms with E-state index >= 15 is 0 Å². The summed E-state index contributed by atoms with van der Waals surface area (Å²) in [4.78, 5) is 2.16. The van der Waals surface area contributed by atoms with E-state index in [9.17, 15) is 0 Å². The lowest BCUT2D eigenvalue weighted by Gasteiger charge is -2.24. The van der Waals surface area contributed by atoms with Gasteiger partial charge in [-0.05, 0) is 25.0 Å². The Labute approximate surface area is 103 Å². The van der Waals surface area contributed by atoms with Crippen LogP contribution in [0.3, 0.4) is 0 Å². The van der Waals surface area contributed by atoms with Gasteiger partial charge < -0.3 is 15.8 Å². The standard InChI is InChI=1S/C13H21N3O/c1-4-5-9-16(3)12-10(2)7-6-8-11(12)13(14)15-17/h6-8,17H,4-5,9H2,1-3H3,(H2,14,15). The summed E-state index contributed by atoms with van der Waals surface area (Å²) >= 11 is 0. The lowest BCUT2D eigenvalue weighted by molar-refractivity contribution is 0.318. The highest BCUT2D eigenvalue weighted by molar-refractivity contribution is 6.02. The van der Waals surface area contributed by atoms with Crippen molar-refractivity contribution in [1.29, 1.82) is 0 Å². The molecule has 1 aromatic carbocycles. The molecule has 0 spiro atoms. The van der Waals surface area contributed by atoms with E-state index in [2.05, 4.69) is 17.0 Å². The second kappa shape index (κ2) is 6.13. The average molecular weight is 235 g/mol. The van der Waals surface area contributed by atoms with Crippen LogP contribution in [-0.2, 0) is 0 Å². The van der Waals surface area contributed by atoms with Crippen LogP contribution in [0.15, 0.2) is 23.4 Å². The van der Waals surface area contributed by atoms with Crippen molar-refractivity contribution >= 4 is 11.5 Å². The number of aryl methyl sites for hydroxylation is 1. The zero-order chi connectivity index (χ0) is 12.8. The van der Waals surface area contributed by atoms with E-state index < -0.39 is 0 Å². The molecule has 0 bridgehead atoms. The number of unbranched alkanes of at least 4 members (excludes halogenated alkanes) is 1. The van der Waals surface area contributed by atoms with Gasteiger partial charge in [0.05, 0.1) is 5.69 Å². The fourth-order valence-electron chi connectivity index (χ4n) is 1.93. The number of benzene rings is 1. The average Bonchev–Trinajstić information content (AvgIpc) is 2.34. The second-order valence-electron chi connectivity index (χ2n) is 4.23. The number of para-hydroxylation sites is 1. The molecule has 0 radical (unpaired) electrons. The molecule has 0 heterocycles. The first-order valence-corrected chi connectivity index (χ1v) is 5.90. The molecule has 3 N–H and O–H groups in total. The molecular weight excluding hydrogens is 214 g/mol. The van der Waals surface area contributed by atoms with Gasteiger partial charge in [0.2, 0.25) is 0 Å². The smallest absolute Gasteiger partial charge is 0.172 e. The summed E-state index contributed by atoms with van der Waals surface area (Å²) in [6.07, 6.45) is 2.27. The Kier molecular flexibility index (Phi) is 4.82. The maximum absolute atomic E-state index is 8.81. The topological polar surface area (TPSA) is 61.8 Å². The number of rotatable bonds is 5. The first kappa shape index (κ1) is 13.4. The van der Waals surface area contributed by atoms with E-state index in [0.717, 1.165) is 36.2 Å². The molecule has 94 valence electrons. The first-order valence-electron chi connectivity index (χ1n) is 5.90. The van der Waals surface area contributed by atoms with Gasteiger partial charge in [-0.1, -0.05) is 30.6 Å². The summed E-state index contributed by atoms with van der Waals surface area (Å²) in [5.41, 5.74) is 8.66. The molecule has 0 fully saturated rings. The van der Waals surface area contributed by atoms with Gasteiger partial charge in [0.25, 0.3) is 0 Å². The van der Waals surface area contributed by atoms with E-state index in [1.165, 1.54) is 0 Å². The van der Waals surface area contributed by atoms with Gasteiger partial charge in [-0.25, -0.2) is 0 Å². The number of hydrogen-bond acceptors (Lipinski definition) is 3. The predicted octanol–water partition coefficient (Wildman–Crippen LogP) is 2.33. The molecule has 1 rings (SSSR count). The van der Waals surface area contributed by atoms with Crippen LogP contribution in [-0.4, -0.2) is 24.6 Å². The molecule has 0 aliphatic rings. The van der Waals surface area contributed by atoms with Gasteiger partial charge >= 0.3 is 0 Å². The molecule has 4 heteroatoms. The van der Waals surface area contributed by atoms with Gasteiger partial charge in [-0.2, -0.15) is 0 Å². The van der Waals surface area contributed by atoms with Crippen molar-refractivity contribution in [2.24, 2.45) is 10.9 Å². The third kappa shape index (κ3) is 3.12. The molecule has 0 amide bonds. The molecular formula is C13H21N3O. The number of amidine groups is 1. The van der Waals surface area contributed by atoms with Gasteiger partial charge in [0, 0.05) is 19.2 Å². The van der Waals surface area contributed by atoms with Crippen LogP contribution in [0.2, 0.25) is 0 Å². The summed E-state index contributed by atoms with van der Waals surface area (Å²) in [7, 11) is 2.03. The minimum Gasteiger partial charge on any atom is -0.409 e. The zero-order valence-corrected chi connectivity index (χ0v) is 10.8. The van der Waals surface area contributed by atoms with Crippen molar-refractivity contribution in [3.8, 4) is 0 Å².